The summed E-state index contributed by atoms with van der Waals surface area (Å²) >= 11 is 0. The summed E-state index contributed by atoms with van der Waals surface area (Å²) in [6.07, 6.45) is 3.17. The second-order valence-electron chi connectivity index (χ2n) is 5.76. The molecule has 2 aliphatic heterocycles. The SMILES string of the molecule is CCC1CN(CC2Cc3ccccc3O2)CC/C1=N\O. The van der Waals surface area contributed by atoms with Crippen LogP contribution in [0.4, 0.5) is 0 Å². The van der Waals surface area contributed by atoms with E-state index in [1.54, 1.807) is 0 Å². The number of nitrogens with zero attached hydrogens (tertiary/aromatic N) is 2. The van der Waals surface area contributed by atoms with Crippen LogP contribution in [0.2, 0.25) is 0 Å². The fraction of sp³-hybridized carbons (Fsp3) is 0.562. The lowest BCUT2D eigenvalue weighted by atomic mass is 9.93. The summed E-state index contributed by atoms with van der Waals surface area (Å²) in [5, 5.41) is 12.5. The van der Waals surface area contributed by atoms with Crippen molar-refractivity contribution in [1.82, 2.24) is 4.90 Å². The van der Waals surface area contributed by atoms with E-state index in [1.165, 1.54) is 5.56 Å². The first-order chi connectivity index (χ1) is 9.80. The van der Waals surface area contributed by atoms with E-state index >= 15 is 0 Å². The molecule has 4 nitrogen and oxygen atoms in total. The first-order valence-corrected chi connectivity index (χ1v) is 7.48. The van der Waals surface area contributed by atoms with E-state index in [0.29, 0.717) is 5.92 Å². The number of rotatable bonds is 3. The molecule has 1 saturated heterocycles. The van der Waals surface area contributed by atoms with Gasteiger partial charge >= 0.3 is 0 Å². The van der Waals surface area contributed by atoms with Gasteiger partial charge in [-0.3, -0.25) is 4.90 Å². The summed E-state index contributed by atoms with van der Waals surface area (Å²) in [7, 11) is 0. The van der Waals surface area contributed by atoms with Crippen molar-refractivity contribution >= 4 is 5.71 Å². The molecule has 1 aromatic carbocycles. The van der Waals surface area contributed by atoms with E-state index in [-0.39, 0.29) is 6.10 Å². The average Bonchev–Trinajstić information content (AvgIpc) is 2.89. The van der Waals surface area contributed by atoms with Crippen LogP contribution >= 0.6 is 0 Å². The van der Waals surface area contributed by atoms with Crippen LogP contribution in [-0.4, -0.2) is 41.6 Å². The normalized spacial score (nSPS) is 28.4. The van der Waals surface area contributed by atoms with E-state index in [2.05, 4.69) is 35.2 Å². The molecule has 0 spiro atoms. The molecule has 4 heteroatoms. The van der Waals surface area contributed by atoms with E-state index in [1.807, 2.05) is 6.07 Å². The van der Waals surface area contributed by atoms with Gasteiger partial charge in [-0.05, 0) is 18.1 Å². The number of likely N-dealkylation sites (tertiary alicyclic amines) is 1. The minimum atomic E-state index is 0.262. The molecule has 2 heterocycles. The van der Waals surface area contributed by atoms with Crippen LogP contribution in [0, 0.1) is 5.92 Å². The van der Waals surface area contributed by atoms with Gasteiger partial charge in [0.05, 0.1) is 5.71 Å². The molecule has 2 aliphatic rings. The van der Waals surface area contributed by atoms with E-state index in [4.69, 9.17) is 9.94 Å². The number of piperidine rings is 1. The van der Waals surface area contributed by atoms with Crippen LogP contribution in [0.25, 0.3) is 0 Å². The molecule has 0 aliphatic carbocycles. The quantitative estimate of drug-likeness (QED) is 0.680. The molecule has 108 valence electrons. The first kappa shape index (κ1) is 13.4. The number of fused-ring (bicyclic) bond motifs is 1. The third-order valence-electron chi connectivity index (χ3n) is 4.43. The van der Waals surface area contributed by atoms with Crippen molar-refractivity contribution in [3.05, 3.63) is 29.8 Å². The highest BCUT2D eigenvalue weighted by Gasteiger charge is 2.29. The van der Waals surface area contributed by atoms with Crippen molar-refractivity contribution in [1.29, 1.82) is 0 Å². The summed E-state index contributed by atoms with van der Waals surface area (Å²) in [5.41, 5.74) is 2.28. The number of hydrogen-bond donors (Lipinski definition) is 1. The Hall–Kier alpha value is -1.55. The van der Waals surface area contributed by atoms with Crippen molar-refractivity contribution in [2.24, 2.45) is 11.1 Å². The summed E-state index contributed by atoms with van der Waals surface area (Å²) in [6, 6.07) is 8.30. The molecule has 20 heavy (non-hydrogen) atoms. The van der Waals surface area contributed by atoms with Crippen LogP contribution in [0.5, 0.6) is 5.75 Å². The van der Waals surface area contributed by atoms with E-state index < -0.39 is 0 Å². The predicted molar refractivity (Wildman–Crippen MR) is 78.6 cm³/mol. The minimum Gasteiger partial charge on any atom is -0.488 e. The van der Waals surface area contributed by atoms with Gasteiger partial charge in [-0.2, -0.15) is 0 Å². The van der Waals surface area contributed by atoms with Crippen molar-refractivity contribution in [3.8, 4) is 5.75 Å². The van der Waals surface area contributed by atoms with Gasteiger partial charge in [0.1, 0.15) is 11.9 Å². The molecule has 0 bridgehead atoms. The predicted octanol–water partition coefficient (Wildman–Crippen LogP) is 2.55. The van der Waals surface area contributed by atoms with Crippen molar-refractivity contribution in [3.63, 3.8) is 0 Å². The Morgan fingerprint density at radius 2 is 2.25 bits per heavy atom. The van der Waals surface area contributed by atoms with Crippen molar-refractivity contribution in [2.75, 3.05) is 19.6 Å². The highest BCUT2D eigenvalue weighted by Crippen LogP contribution is 2.29. The fourth-order valence-corrected chi connectivity index (χ4v) is 3.29. The maximum absolute atomic E-state index is 9.03. The number of benzene rings is 1. The van der Waals surface area contributed by atoms with Gasteiger partial charge in [-0.25, -0.2) is 0 Å². The zero-order valence-corrected chi connectivity index (χ0v) is 12.0. The maximum Gasteiger partial charge on any atom is 0.123 e. The zero-order chi connectivity index (χ0) is 13.9. The second-order valence-corrected chi connectivity index (χ2v) is 5.76. The Kier molecular flexibility index (Phi) is 3.92. The van der Waals surface area contributed by atoms with Crippen LogP contribution in [0.1, 0.15) is 25.3 Å². The fourth-order valence-electron chi connectivity index (χ4n) is 3.29. The molecule has 0 aromatic heterocycles. The van der Waals surface area contributed by atoms with Gasteiger partial charge in [-0.15, -0.1) is 0 Å². The average molecular weight is 274 g/mol. The topological polar surface area (TPSA) is 45.1 Å². The smallest absolute Gasteiger partial charge is 0.123 e. The van der Waals surface area contributed by atoms with Gasteiger partial charge in [0.15, 0.2) is 0 Å². The summed E-state index contributed by atoms with van der Waals surface area (Å²) in [5.74, 6) is 1.43. The molecular weight excluding hydrogens is 252 g/mol. The van der Waals surface area contributed by atoms with Crippen LogP contribution in [0.3, 0.4) is 0 Å². The molecule has 0 amide bonds. The third-order valence-corrected chi connectivity index (χ3v) is 4.43. The Morgan fingerprint density at radius 1 is 1.40 bits per heavy atom. The van der Waals surface area contributed by atoms with Gasteiger partial charge in [0, 0.05) is 38.4 Å². The molecule has 0 radical (unpaired) electrons. The Morgan fingerprint density at radius 3 is 3.00 bits per heavy atom. The first-order valence-electron chi connectivity index (χ1n) is 7.48. The Labute approximate surface area is 120 Å². The van der Waals surface area contributed by atoms with E-state index in [9.17, 15) is 0 Å². The second kappa shape index (κ2) is 5.83. The molecule has 3 rings (SSSR count). The highest BCUT2D eigenvalue weighted by molar-refractivity contribution is 5.87. The lowest BCUT2D eigenvalue weighted by Gasteiger charge is -2.34. The van der Waals surface area contributed by atoms with Gasteiger partial charge in [-0.1, -0.05) is 30.3 Å². The molecule has 1 N–H and O–H groups in total. The van der Waals surface area contributed by atoms with Crippen LogP contribution < -0.4 is 4.74 Å². The standard InChI is InChI=1S/C16H22N2O2/c1-2-12-10-18(8-7-15(12)17-19)11-14-9-13-5-3-4-6-16(13)20-14/h3-6,12,14,19H,2,7-11H2,1H3/b17-15+. The van der Waals surface area contributed by atoms with Crippen LogP contribution in [-0.2, 0) is 6.42 Å². The number of hydrogen-bond acceptors (Lipinski definition) is 4. The molecule has 2 atom stereocenters. The van der Waals surface area contributed by atoms with Gasteiger partial charge < -0.3 is 9.94 Å². The van der Waals surface area contributed by atoms with E-state index in [0.717, 1.165) is 50.4 Å². The summed E-state index contributed by atoms with van der Waals surface area (Å²) < 4.78 is 6.01. The molecule has 1 aromatic rings. The highest BCUT2D eigenvalue weighted by atomic mass is 16.5. The monoisotopic (exact) mass is 274 g/mol. The summed E-state index contributed by atoms with van der Waals surface area (Å²) in [6.45, 7) is 5.06. The largest absolute Gasteiger partial charge is 0.488 e. The van der Waals surface area contributed by atoms with Gasteiger partial charge in [0.25, 0.3) is 0 Å². The molecule has 0 saturated carbocycles. The number of oxime groups is 1. The van der Waals surface area contributed by atoms with Crippen LogP contribution in [0.15, 0.2) is 29.4 Å². The zero-order valence-electron chi connectivity index (χ0n) is 12.0. The molecular formula is C16H22N2O2. The van der Waals surface area contributed by atoms with Gasteiger partial charge in [0.2, 0.25) is 0 Å². The number of para-hydroxylation sites is 1. The van der Waals surface area contributed by atoms with Crippen molar-refractivity contribution < 1.29 is 9.94 Å². The Balaban J connectivity index is 1.58. The third kappa shape index (κ3) is 2.66. The number of ether oxygens (including phenoxy) is 1. The van der Waals surface area contributed by atoms with Crippen molar-refractivity contribution in [2.45, 2.75) is 32.3 Å². The summed E-state index contributed by atoms with van der Waals surface area (Å²) in [4.78, 5) is 2.44. The lowest BCUT2D eigenvalue weighted by Crippen LogP contribution is -2.44. The minimum absolute atomic E-state index is 0.262. The lowest BCUT2D eigenvalue weighted by molar-refractivity contribution is 0.136. The molecule has 2 unspecified atom stereocenters. The molecule has 1 fully saturated rings. The maximum atomic E-state index is 9.03. The Bertz CT molecular complexity index is 476.